The largest absolute Gasteiger partial charge is 0.481 e. The van der Waals surface area contributed by atoms with Gasteiger partial charge in [-0.1, -0.05) is 25.3 Å². The normalized spacial score (nSPS) is 34.6. The molecule has 28 heavy (non-hydrogen) atoms. The number of fused-ring (bicyclic) bond motifs is 4. The molecule has 0 aliphatic heterocycles. The number of carboxylic acid groups (broad SMARTS) is 1. The highest BCUT2D eigenvalue weighted by Gasteiger charge is 2.55. The van der Waals surface area contributed by atoms with Crippen LogP contribution >= 0.6 is 0 Å². The van der Waals surface area contributed by atoms with Gasteiger partial charge in [0.15, 0.2) is 5.78 Å². The number of carbonyl (C=O) groups is 3. The summed E-state index contributed by atoms with van der Waals surface area (Å²) in [5.41, 5.74) is 4.13. The fourth-order valence-electron chi connectivity index (χ4n) is 6.70. The maximum Gasteiger partial charge on any atom is 0.303 e. The van der Waals surface area contributed by atoms with Crippen LogP contribution in [0, 0.1) is 23.2 Å². The summed E-state index contributed by atoms with van der Waals surface area (Å²) in [5, 5.41) is 8.85. The number of unbranched alkanes of at least 4 members (excludes halogenated alkanes) is 2. The van der Waals surface area contributed by atoms with Crippen molar-refractivity contribution >= 4 is 17.5 Å². The molecule has 0 heterocycles. The second-order valence-electron chi connectivity index (χ2n) is 9.59. The quantitative estimate of drug-likeness (QED) is 0.653. The molecule has 4 aliphatic rings. The van der Waals surface area contributed by atoms with Crippen molar-refractivity contribution < 1.29 is 19.5 Å². The molecule has 0 unspecified atom stereocenters. The predicted octanol–water partition coefficient (Wildman–Crippen LogP) is 5.02. The van der Waals surface area contributed by atoms with Crippen LogP contribution in [-0.4, -0.2) is 22.6 Å². The Balaban J connectivity index is 1.60. The Morgan fingerprint density at radius 3 is 2.71 bits per heavy atom. The first-order chi connectivity index (χ1) is 13.4. The molecule has 0 aromatic carbocycles. The lowest BCUT2D eigenvalue weighted by Gasteiger charge is -2.50. The molecule has 2 saturated carbocycles. The molecule has 4 atom stereocenters. The number of hydrogen-bond acceptors (Lipinski definition) is 3. The van der Waals surface area contributed by atoms with E-state index in [2.05, 4.69) is 6.92 Å². The van der Waals surface area contributed by atoms with Crippen molar-refractivity contribution in [2.75, 3.05) is 0 Å². The monoisotopic (exact) mass is 384 g/mol. The molecule has 2 fully saturated rings. The molecule has 152 valence electrons. The topological polar surface area (TPSA) is 71.4 Å². The van der Waals surface area contributed by atoms with Gasteiger partial charge in [-0.05, 0) is 79.9 Å². The molecule has 4 nitrogen and oxygen atoms in total. The van der Waals surface area contributed by atoms with Crippen LogP contribution in [0.25, 0.3) is 0 Å². The van der Waals surface area contributed by atoms with Gasteiger partial charge in [0, 0.05) is 24.7 Å². The number of carbonyl (C=O) groups excluding carboxylic acids is 2. The molecule has 1 N–H and O–H groups in total. The molecule has 4 aliphatic carbocycles. The highest BCUT2D eigenvalue weighted by atomic mass is 16.4. The van der Waals surface area contributed by atoms with Crippen molar-refractivity contribution in [3.63, 3.8) is 0 Å². The summed E-state index contributed by atoms with van der Waals surface area (Å²) in [6.07, 6.45) is 12.2. The van der Waals surface area contributed by atoms with E-state index in [-0.39, 0.29) is 17.6 Å². The van der Waals surface area contributed by atoms with E-state index in [1.54, 1.807) is 5.57 Å². The summed E-state index contributed by atoms with van der Waals surface area (Å²) < 4.78 is 0. The van der Waals surface area contributed by atoms with Gasteiger partial charge in [-0.3, -0.25) is 14.4 Å². The summed E-state index contributed by atoms with van der Waals surface area (Å²) >= 11 is 0. The van der Waals surface area contributed by atoms with Gasteiger partial charge in [-0.25, -0.2) is 0 Å². The van der Waals surface area contributed by atoms with E-state index < -0.39 is 5.97 Å². The van der Waals surface area contributed by atoms with Crippen molar-refractivity contribution in [1.82, 2.24) is 0 Å². The number of Topliss-reactive ketones (excluding diaryl/α,β-unsaturated/α-hetero) is 1. The summed E-state index contributed by atoms with van der Waals surface area (Å²) in [4.78, 5) is 35.5. The highest BCUT2D eigenvalue weighted by Crippen LogP contribution is 2.61. The Morgan fingerprint density at radius 1 is 1.11 bits per heavy atom. The summed E-state index contributed by atoms with van der Waals surface area (Å²) in [7, 11) is 0. The smallest absolute Gasteiger partial charge is 0.303 e. The van der Waals surface area contributed by atoms with Crippen LogP contribution in [0.15, 0.2) is 22.8 Å². The van der Waals surface area contributed by atoms with Gasteiger partial charge in [0.2, 0.25) is 0 Å². The van der Waals surface area contributed by atoms with Gasteiger partial charge in [0.05, 0.1) is 0 Å². The first-order valence-corrected chi connectivity index (χ1v) is 11.1. The lowest BCUT2D eigenvalue weighted by Crippen LogP contribution is -2.44. The van der Waals surface area contributed by atoms with Gasteiger partial charge in [-0.2, -0.15) is 0 Å². The van der Waals surface area contributed by atoms with E-state index in [0.29, 0.717) is 30.0 Å². The minimum Gasteiger partial charge on any atom is -0.481 e. The Kier molecular flexibility index (Phi) is 5.32. The molecule has 0 saturated heterocycles. The Morgan fingerprint density at radius 2 is 1.93 bits per heavy atom. The molecule has 0 bridgehead atoms. The van der Waals surface area contributed by atoms with E-state index in [1.807, 2.05) is 6.08 Å². The predicted molar refractivity (Wildman–Crippen MR) is 107 cm³/mol. The van der Waals surface area contributed by atoms with E-state index in [0.717, 1.165) is 64.2 Å². The van der Waals surface area contributed by atoms with Crippen LogP contribution in [0.5, 0.6) is 0 Å². The van der Waals surface area contributed by atoms with Gasteiger partial charge < -0.3 is 5.11 Å². The maximum absolute atomic E-state index is 12.8. The van der Waals surface area contributed by atoms with Gasteiger partial charge >= 0.3 is 5.97 Å². The minimum atomic E-state index is -0.719. The zero-order chi connectivity index (χ0) is 19.9. The van der Waals surface area contributed by atoms with Crippen molar-refractivity contribution in [1.29, 1.82) is 0 Å². The maximum atomic E-state index is 12.8. The molecule has 0 radical (unpaired) electrons. The Labute approximate surface area is 167 Å². The first-order valence-electron chi connectivity index (χ1n) is 11.1. The lowest BCUT2D eigenvalue weighted by atomic mass is 9.53. The van der Waals surface area contributed by atoms with Gasteiger partial charge in [-0.15, -0.1) is 0 Å². The van der Waals surface area contributed by atoms with Crippen molar-refractivity contribution in [2.24, 2.45) is 23.2 Å². The summed E-state index contributed by atoms with van der Waals surface area (Å²) in [5.74, 6) is 1.41. The molecule has 0 aromatic rings. The highest BCUT2D eigenvalue weighted by molar-refractivity contribution is 5.93. The van der Waals surface area contributed by atoms with Crippen LogP contribution in [0.3, 0.4) is 0 Å². The van der Waals surface area contributed by atoms with Crippen molar-refractivity contribution in [3.8, 4) is 0 Å². The Bertz CT molecular complexity index is 759. The van der Waals surface area contributed by atoms with Gasteiger partial charge in [0.1, 0.15) is 5.78 Å². The number of hydrogen-bond donors (Lipinski definition) is 1. The minimum absolute atomic E-state index is 0.174. The van der Waals surface area contributed by atoms with Gasteiger partial charge in [0.25, 0.3) is 0 Å². The van der Waals surface area contributed by atoms with Crippen LogP contribution in [0.2, 0.25) is 0 Å². The van der Waals surface area contributed by atoms with Crippen molar-refractivity contribution in [2.45, 2.75) is 84.0 Å². The van der Waals surface area contributed by atoms with E-state index >= 15 is 0 Å². The van der Waals surface area contributed by atoms with E-state index in [9.17, 15) is 14.4 Å². The second-order valence-corrected chi connectivity index (χ2v) is 9.59. The van der Waals surface area contributed by atoms with E-state index in [1.165, 1.54) is 11.1 Å². The lowest BCUT2D eigenvalue weighted by molar-refractivity contribution is -0.137. The standard InChI is InChI=1S/C24H32O4/c1-24-14-16(5-3-2-4-6-22(27)28)23-18-10-8-17(25)13-15(18)7-9-19(23)20(24)11-12-21(24)26/h13,16,19-20H,2-12,14H2,1H3,(H,27,28)/t16-,19-,20-,24-/m0/s1. The average molecular weight is 385 g/mol. The number of ketones is 2. The number of carboxylic acids is 1. The van der Waals surface area contributed by atoms with Crippen LogP contribution < -0.4 is 0 Å². The SMILES string of the molecule is C[C@]12C[C@H](CCCCCC(=O)O)C3=C4CCC(=O)C=C4CC[C@H]3[C@@H]1CCC2=O. The third-order valence-corrected chi connectivity index (χ3v) is 7.99. The molecule has 0 amide bonds. The fourth-order valence-corrected chi connectivity index (χ4v) is 6.70. The molecular weight excluding hydrogens is 352 g/mol. The van der Waals surface area contributed by atoms with E-state index in [4.69, 9.17) is 5.11 Å². The molecule has 4 rings (SSSR count). The fraction of sp³-hybridized carbons (Fsp3) is 0.708. The second kappa shape index (κ2) is 7.61. The van der Waals surface area contributed by atoms with Crippen LogP contribution in [0.4, 0.5) is 0 Å². The third kappa shape index (κ3) is 3.40. The number of allylic oxidation sites excluding steroid dienone is 4. The number of aliphatic carboxylic acids is 1. The zero-order valence-electron chi connectivity index (χ0n) is 17.0. The summed E-state index contributed by atoms with van der Waals surface area (Å²) in [6.45, 7) is 2.21. The number of rotatable bonds is 6. The molecule has 0 spiro atoms. The molecule has 0 aromatic heterocycles. The average Bonchev–Trinajstić information content (AvgIpc) is 2.95. The van der Waals surface area contributed by atoms with Crippen LogP contribution in [-0.2, 0) is 14.4 Å². The molecular formula is C24H32O4. The zero-order valence-corrected chi connectivity index (χ0v) is 17.0. The van der Waals surface area contributed by atoms with Crippen LogP contribution in [0.1, 0.15) is 84.0 Å². The summed E-state index contributed by atoms with van der Waals surface area (Å²) in [6, 6.07) is 0. The Hall–Kier alpha value is -1.71. The third-order valence-electron chi connectivity index (χ3n) is 7.99. The molecule has 4 heteroatoms. The first kappa shape index (κ1) is 19.6. The van der Waals surface area contributed by atoms with Crippen molar-refractivity contribution in [3.05, 3.63) is 22.8 Å².